The summed E-state index contributed by atoms with van der Waals surface area (Å²) in [5, 5.41) is 5.24. The molecule has 0 saturated heterocycles. The second kappa shape index (κ2) is 13.5. The van der Waals surface area contributed by atoms with Crippen LogP contribution in [0.3, 0.4) is 0 Å². The highest BCUT2D eigenvalue weighted by Crippen LogP contribution is 2.13. The number of aromatic nitrogens is 2. The standard InChI is InChI=1S/C16H17N7O8S.C3H6O/c17-11(30-14(24)8-1-3-12(22-18)20-6-8)5-10(32(27,28)29)16(26)31-15(25)9-2-4-13(23-19)21-7-9;1-3(2)4/h1-4,6-7,10,17H,5,18-19H2,(H,20,22)(H,21,23)(H,27,28,29);1-2H3. The number of ketones is 1. The largest absolute Gasteiger partial charge is 0.408 e. The third kappa shape index (κ3) is 9.89. The van der Waals surface area contributed by atoms with Gasteiger partial charge in [-0.05, 0) is 38.1 Å². The molecule has 17 heteroatoms. The van der Waals surface area contributed by atoms with Gasteiger partial charge in [-0.2, -0.15) is 8.42 Å². The van der Waals surface area contributed by atoms with E-state index in [2.05, 4.69) is 30.3 Å². The van der Waals surface area contributed by atoms with Gasteiger partial charge < -0.3 is 25.1 Å². The molecule has 1 atom stereocenters. The molecule has 36 heavy (non-hydrogen) atoms. The Labute approximate surface area is 204 Å². The quantitative estimate of drug-likeness (QED) is 0.0495. The Balaban J connectivity index is 0.00000150. The second-order valence-electron chi connectivity index (χ2n) is 6.79. The third-order valence-electron chi connectivity index (χ3n) is 3.70. The van der Waals surface area contributed by atoms with E-state index in [4.69, 9.17) is 17.1 Å². The Kier molecular flexibility index (Phi) is 11.2. The van der Waals surface area contributed by atoms with Gasteiger partial charge in [0.2, 0.25) is 0 Å². The van der Waals surface area contributed by atoms with Gasteiger partial charge in [0.05, 0.1) is 17.5 Å². The van der Waals surface area contributed by atoms with E-state index in [9.17, 15) is 32.1 Å². The fourth-order valence-electron chi connectivity index (χ4n) is 2.11. The van der Waals surface area contributed by atoms with Gasteiger partial charge in [-0.15, -0.1) is 0 Å². The fraction of sp³-hybridized carbons (Fsp3) is 0.211. The third-order valence-corrected chi connectivity index (χ3v) is 4.77. The number of nitrogens with two attached hydrogens (primary N) is 2. The maximum Gasteiger partial charge on any atom is 0.347 e. The molecule has 0 aromatic carbocycles. The minimum atomic E-state index is -5.14. The van der Waals surface area contributed by atoms with Crippen LogP contribution < -0.4 is 22.5 Å². The fourth-order valence-corrected chi connectivity index (χ4v) is 2.76. The van der Waals surface area contributed by atoms with Crippen LogP contribution in [-0.2, 0) is 29.2 Å². The van der Waals surface area contributed by atoms with E-state index < -0.39 is 45.6 Å². The molecule has 2 aromatic heterocycles. The lowest BCUT2D eigenvalue weighted by atomic mass is 10.2. The molecule has 0 aliphatic heterocycles. The van der Waals surface area contributed by atoms with E-state index in [-0.39, 0.29) is 28.5 Å². The first kappa shape index (κ1) is 29.7. The van der Waals surface area contributed by atoms with Crippen LogP contribution in [0.4, 0.5) is 11.6 Å². The van der Waals surface area contributed by atoms with Crippen molar-refractivity contribution < 1.29 is 41.6 Å². The molecule has 0 saturated carbocycles. The van der Waals surface area contributed by atoms with Gasteiger partial charge in [0.15, 0.2) is 11.1 Å². The zero-order valence-corrected chi connectivity index (χ0v) is 19.7. The van der Waals surface area contributed by atoms with Gasteiger partial charge in [-0.3, -0.25) is 14.8 Å². The number of nitrogens with one attached hydrogen (secondary N) is 3. The van der Waals surface area contributed by atoms with E-state index in [1.807, 2.05) is 0 Å². The summed E-state index contributed by atoms with van der Waals surface area (Å²) in [6.45, 7) is 3.06. The summed E-state index contributed by atoms with van der Waals surface area (Å²) in [5.74, 6) is 5.81. The molecule has 0 bridgehead atoms. The number of hydrogen-bond donors (Lipinski definition) is 6. The molecule has 1 unspecified atom stereocenters. The van der Waals surface area contributed by atoms with Crippen molar-refractivity contribution in [1.29, 1.82) is 5.41 Å². The molecule has 0 spiro atoms. The number of hydrogen-bond acceptors (Lipinski definition) is 15. The Morgan fingerprint density at radius 3 is 1.69 bits per heavy atom. The highest BCUT2D eigenvalue weighted by molar-refractivity contribution is 7.87. The molecule has 2 aromatic rings. The lowest BCUT2D eigenvalue weighted by Gasteiger charge is -2.13. The predicted octanol–water partition coefficient (Wildman–Crippen LogP) is -0.193. The number of nitrogen functional groups attached to an aromatic ring is 2. The van der Waals surface area contributed by atoms with Crippen molar-refractivity contribution in [2.24, 2.45) is 11.7 Å². The Hall–Kier alpha value is -4.32. The number of Topliss-reactive ketones (excluding diaryl/α,β-unsaturated/α-hetero) is 1. The van der Waals surface area contributed by atoms with Crippen molar-refractivity contribution in [3.05, 3.63) is 47.8 Å². The van der Waals surface area contributed by atoms with Gasteiger partial charge in [0.25, 0.3) is 10.1 Å². The number of pyridine rings is 2. The van der Waals surface area contributed by atoms with Crippen molar-refractivity contribution >= 4 is 51.3 Å². The summed E-state index contributed by atoms with van der Waals surface area (Å²) in [5.41, 5.74) is 4.10. The number of nitrogens with zero attached hydrogens (tertiary/aromatic N) is 2. The number of esters is 3. The highest BCUT2D eigenvalue weighted by atomic mass is 32.2. The van der Waals surface area contributed by atoms with Gasteiger partial charge in [0, 0.05) is 12.4 Å². The van der Waals surface area contributed by atoms with Crippen LogP contribution in [0.25, 0.3) is 0 Å². The molecule has 0 aliphatic carbocycles. The van der Waals surface area contributed by atoms with E-state index in [0.717, 1.165) is 12.4 Å². The van der Waals surface area contributed by atoms with Crippen LogP contribution in [0.2, 0.25) is 0 Å². The zero-order valence-electron chi connectivity index (χ0n) is 18.9. The number of ether oxygens (including phenoxy) is 2. The highest BCUT2D eigenvalue weighted by Gasteiger charge is 2.36. The van der Waals surface area contributed by atoms with Crippen LogP contribution >= 0.6 is 0 Å². The minimum Gasteiger partial charge on any atom is -0.408 e. The Morgan fingerprint density at radius 1 is 0.944 bits per heavy atom. The maximum atomic E-state index is 12.2. The lowest BCUT2D eigenvalue weighted by molar-refractivity contribution is -0.137. The van der Waals surface area contributed by atoms with Crippen LogP contribution in [0.15, 0.2) is 36.7 Å². The number of rotatable bonds is 8. The summed E-state index contributed by atoms with van der Waals surface area (Å²) in [6.07, 6.45) is 0.967. The topological polar surface area (TPSA) is 267 Å². The van der Waals surface area contributed by atoms with Crippen LogP contribution in [-0.4, -0.2) is 57.8 Å². The van der Waals surface area contributed by atoms with Gasteiger partial charge in [-0.25, -0.2) is 31.2 Å². The number of carbonyl (C=O) groups is 4. The maximum absolute atomic E-state index is 12.2. The molecule has 0 radical (unpaired) electrons. The van der Waals surface area contributed by atoms with Crippen molar-refractivity contribution in [2.75, 3.05) is 10.9 Å². The molecular formula is C19H23N7O9S. The van der Waals surface area contributed by atoms with E-state index in [1.165, 1.54) is 38.1 Å². The monoisotopic (exact) mass is 525 g/mol. The van der Waals surface area contributed by atoms with E-state index in [0.29, 0.717) is 0 Å². The van der Waals surface area contributed by atoms with Crippen molar-refractivity contribution in [2.45, 2.75) is 25.5 Å². The average Bonchev–Trinajstić information content (AvgIpc) is 2.81. The summed E-state index contributed by atoms with van der Waals surface area (Å²) >= 11 is 0. The SMILES string of the molecule is CC(C)=O.N=C(CC(C(=O)OC(=O)c1ccc(NN)nc1)S(=O)(=O)O)OC(=O)c1ccc(NN)nc1. The molecular weight excluding hydrogens is 502 g/mol. The molecule has 0 fully saturated rings. The number of anilines is 2. The van der Waals surface area contributed by atoms with Crippen LogP contribution in [0.1, 0.15) is 41.0 Å². The first-order valence-electron chi connectivity index (χ1n) is 9.62. The Bertz CT molecular complexity index is 1210. The molecule has 2 rings (SSSR count). The van der Waals surface area contributed by atoms with Crippen LogP contribution in [0.5, 0.6) is 0 Å². The van der Waals surface area contributed by atoms with Gasteiger partial charge in [-0.1, -0.05) is 0 Å². The van der Waals surface area contributed by atoms with E-state index >= 15 is 0 Å². The van der Waals surface area contributed by atoms with Crippen molar-refractivity contribution in [3.8, 4) is 0 Å². The number of carbonyl (C=O) groups excluding carboxylic acids is 4. The van der Waals surface area contributed by atoms with Crippen LogP contribution in [0, 0.1) is 5.41 Å². The zero-order chi connectivity index (χ0) is 27.5. The average molecular weight is 526 g/mol. The smallest absolute Gasteiger partial charge is 0.347 e. The molecule has 0 amide bonds. The van der Waals surface area contributed by atoms with E-state index in [1.54, 1.807) is 0 Å². The Morgan fingerprint density at radius 2 is 1.36 bits per heavy atom. The summed E-state index contributed by atoms with van der Waals surface area (Å²) in [6, 6.07) is 5.05. The molecule has 194 valence electrons. The van der Waals surface area contributed by atoms with Gasteiger partial charge in [0.1, 0.15) is 17.4 Å². The lowest BCUT2D eigenvalue weighted by Crippen LogP contribution is -2.36. The molecule has 8 N–H and O–H groups in total. The number of hydrazine groups is 2. The van der Waals surface area contributed by atoms with Gasteiger partial charge >= 0.3 is 17.9 Å². The molecule has 0 aliphatic rings. The molecule has 2 heterocycles. The minimum absolute atomic E-state index is 0.113. The summed E-state index contributed by atoms with van der Waals surface area (Å²) in [4.78, 5) is 53.1. The predicted molar refractivity (Wildman–Crippen MR) is 124 cm³/mol. The summed E-state index contributed by atoms with van der Waals surface area (Å²) in [7, 11) is -5.14. The first-order valence-corrected chi connectivity index (χ1v) is 11.1. The first-order chi connectivity index (χ1) is 16.8. The van der Waals surface area contributed by atoms with Crippen molar-refractivity contribution in [1.82, 2.24) is 9.97 Å². The van der Waals surface area contributed by atoms with Crippen molar-refractivity contribution in [3.63, 3.8) is 0 Å². The molecule has 16 nitrogen and oxygen atoms in total. The summed E-state index contributed by atoms with van der Waals surface area (Å²) < 4.78 is 41.6. The normalized spacial score (nSPS) is 11.1. The second-order valence-corrected chi connectivity index (χ2v) is 8.39.